The fourth-order valence-electron chi connectivity index (χ4n) is 2.15. The number of halogens is 1. The molecule has 2 N–H and O–H groups in total. The average Bonchev–Trinajstić information content (AvgIpc) is 2.66. The monoisotopic (exact) mass is 377 g/mol. The van der Waals surface area contributed by atoms with Crippen molar-refractivity contribution in [2.45, 2.75) is 30.2 Å². The number of ether oxygens (including phenoxy) is 1. The molecule has 2 rings (SSSR count). The quantitative estimate of drug-likeness (QED) is 0.836. The van der Waals surface area contributed by atoms with E-state index in [-0.39, 0.29) is 16.5 Å². The molecule has 6 nitrogen and oxygen atoms in total. The van der Waals surface area contributed by atoms with Crippen LogP contribution < -0.4 is 4.72 Å². The second-order valence-corrected chi connectivity index (χ2v) is 7.47. The van der Waals surface area contributed by atoms with Crippen molar-refractivity contribution < 1.29 is 23.1 Å². The molecule has 1 saturated heterocycles. The number of carbonyl (C=O) groups is 1. The zero-order chi connectivity index (χ0) is 15.5. The first-order chi connectivity index (χ1) is 9.88. The van der Waals surface area contributed by atoms with Gasteiger partial charge in [-0.25, -0.2) is 17.9 Å². The number of hydrogen-bond donors (Lipinski definition) is 2. The van der Waals surface area contributed by atoms with Crippen LogP contribution >= 0.6 is 15.9 Å². The summed E-state index contributed by atoms with van der Waals surface area (Å²) in [5, 5.41) is 9.01. The molecular formula is C13H16BrNO5S. The summed E-state index contributed by atoms with van der Waals surface area (Å²) >= 11 is 3.14. The number of sulfonamides is 1. The zero-order valence-electron chi connectivity index (χ0n) is 11.2. The van der Waals surface area contributed by atoms with Crippen LogP contribution in [0.5, 0.6) is 0 Å². The van der Waals surface area contributed by atoms with Gasteiger partial charge in [-0.3, -0.25) is 0 Å². The van der Waals surface area contributed by atoms with Crippen LogP contribution in [0.4, 0.5) is 0 Å². The van der Waals surface area contributed by atoms with Gasteiger partial charge in [0, 0.05) is 23.7 Å². The molecule has 1 aliphatic rings. The van der Waals surface area contributed by atoms with Crippen LogP contribution in [0.25, 0.3) is 0 Å². The van der Waals surface area contributed by atoms with E-state index in [0.717, 1.165) is 12.5 Å². The average molecular weight is 378 g/mol. The van der Waals surface area contributed by atoms with Crippen molar-refractivity contribution in [2.75, 3.05) is 13.2 Å². The van der Waals surface area contributed by atoms with Crippen molar-refractivity contribution in [1.29, 1.82) is 0 Å². The third kappa shape index (κ3) is 4.50. The number of hydrogen-bond acceptors (Lipinski definition) is 4. The number of benzene rings is 1. The van der Waals surface area contributed by atoms with Crippen LogP contribution in [0.3, 0.4) is 0 Å². The molecule has 1 fully saturated rings. The number of nitrogens with one attached hydrogen (secondary N) is 1. The van der Waals surface area contributed by atoms with Crippen molar-refractivity contribution >= 4 is 31.9 Å². The maximum atomic E-state index is 12.4. The first kappa shape index (κ1) is 16.4. The zero-order valence-corrected chi connectivity index (χ0v) is 13.6. The molecule has 0 aromatic heterocycles. The van der Waals surface area contributed by atoms with E-state index in [9.17, 15) is 13.2 Å². The summed E-state index contributed by atoms with van der Waals surface area (Å²) in [6, 6.07) is 3.72. The minimum Gasteiger partial charge on any atom is -0.478 e. The minimum atomic E-state index is -3.75. The van der Waals surface area contributed by atoms with Crippen LogP contribution in [0.1, 0.15) is 29.6 Å². The Kier molecular flexibility index (Phi) is 5.37. The number of carboxylic acids is 1. The van der Waals surface area contributed by atoms with E-state index >= 15 is 0 Å². The van der Waals surface area contributed by atoms with Gasteiger partial charge >= 0.3 is 5.97 Å². The fourth-order valence-corrected chi connectivity index (χ4v) is 4.17. The van der Waals surface area contributed by atoms with Gasteiger partial charge in [-0.1, -0.05) is 15.9 Å². The summed E-state index contributed by atoms with van der Waals surface area (Å²) in [5.74, 6) is -1.17. The molecule has 0 saturated carbocycles. The summed E-state index contributed by atoms with van der Waals surface area (Å²) in [6.07, 6.45) is 2.12. The van der Waals surface area contributed by atoms with Gasteiger partial charge in [0.05, 0.1) is 10.5 Å². The predicted molar refractivity (Wildman–Crippen MR) is 79.9 cm³/mol. The Morgan fingerprint density at radius 2 is 2.05 bits per heavy atom. The van der Waals surface area contributed by atoms with Crippen LogP contribution in [-0.2, 0) is 14.8 Å². The van der Waals surface area contributed by atoms with E-state index in [0.29, 0.717) is 30.5 Å². The lowest BCUT2D eigenvalue weighted by Gasteiger charge is -2.16. The summed E-state index contributed by atoms with van der Waals surface area (Å²) in [7, 11) is -3.75. The lowest BCUT2D eigenvalue weighted by atomic mass is 10.1. The Morgan fingerprint density at radius 3 is 2.76 bits per heavy atom. The molecule has 8 heteroatoms. The molecule has 1 aliphatic heterocycles. The molecule has 1 heterocycles. The summed E-state index contributed by atoms with van der Waals surface area (Å²) in [6.45, 7) is 1.16. The van der Waals surface area contributed by atoms with Gasteiger partial charge in [-0.2, -0.15) is 0 Å². The van der Waals surface area contributed by atoms with Gasteiger partial charge in [0.1, 0.15) is 0 Å². The maximum absolute atomic E-state index is 12.4. The first-order valence-electron chi connectivity index (χ1n) is 6.52. The molecule has 21 heavy (non-hydrogen) atoms. The van der Waals surface area contributed by atoms with Crippen molar-refractivity contribution in [3.63, 3.8) is 0 Å². The Morgan fingerprint density at radius 1 is 1.29 bits per heavy atom. The van der Waals surface area contributed by atoms with E-state index < -0.39 is 16.0 Å². The minimum absolute atomic E-state index is 0.0561. The second-order valence-electron chi connectivity index (χ2n) is 4.84. The smallest absolute Gasteiger partial charge is 0.335 e. The van der Waals surface area contributed by atoms with Crippen molar-refractivity contribution in [3.05, 3.63) is 28.2 Å². The third-order valence-electron chi connectivity index (χ3n) is 3.20. The summed E-state index contributed by atoms with van der Waals surface area (Å²) in [4.78, 5) is 11.0. The van der Waals surface area contributed by atoms with Crippen molar-refractivity contribution in [3.8, 4) is 0 Å². The van der Waals surface area contributed by atoms with Crippen LogP contribution in [0.15, 0.2) is 27.6 Å². The number of aromatic carboxylic acids is 1. The van der Waals surface area contributed by atoms with Gasteiger partial charge in [0.2, 0.25) is 10.0 Å². The van der Waals surface area contributed by atoms with E-state index in [4.69, 9.17) is 9.84 Å². The first-order valence-corrected chi connectivity index (χ1v) is 8.80. The summed E-state index contributed by atoms with van der Waals surface area (Å²) < 4.78 is 33.1. The SMILES string of the molecule is O=C(O)c1cc(Br)cc(S(=O)(=O)NC2CCCOCC2)c1. The lowest BCUT2D eigenvalue weighted by Crippen LogP contribution is -2.35. The molecule has 116 valence electrons. The standard InChI is InChI=1S/C13H16BrNO5S/c14-10-6-9(13(16)17)7-12(8-10)21(18,19)15-11-2-1-4-20-5-3-11/h6-8,11,15H,1-5H2,(H,16,17). The van der Waals surface area contributed by atoms with E-state index in [1.54, 1.807) is 0 Å². The van der Waals surface area contributed by atoms with E-state index in [1.807, 2.05) is 0 Å². The molecule has 0 aliphatic carbocycles. The highest BCUT2D eigenvalue weighted by Gasteiger charge is 2.22. The van der Waals surface area contributed by atoms with Crippen molar-refractivity contribution in [1.82, 2.24) is 4.72 Å². The molecule has 0 radical (unpaired) electrons. The summed E-state index contributed by atoms with van der Waals surface area (Å²) in [5.41, 5.74) is -0.0750. The molecular weight excluding hydrogens is 362 g/mol. The van der Waals surface area contributed by atoms with Crippen LogP contribution in [0.2, 0.25) is 0 Å². The third-order valence-corrected chi connectivity index (χ3v) is 5.16. The largest absolute Gasteiger partial charge is 0.478 e. The predicted octanol–water partition coefficient (Wildman–Crippen LogP) is 1.99. The molecule has 1 atom stereocenters. The van der Waals surface area contributed by atoms with Gasteiger partial charge in [0.25, 0.3) is 0 Å². The Bertz CT molecular complexity index is 623. The van der Waals surface area contributed by atoms with Gasteiger partial charge in [-0.15, -0.1) is 0 Å². The lowest BCUT2D eigenvalue weighted by molar-refractivity contribution is 0.0696. The topological polar surface area (TPSA) is 92.7 Å². The Labute approximate surface area is 131 Å². The Balaban J connectivity index is 2.24. The molecule has 1 aromatic rings. The Hall–Kier alpha value is -0.960. The molecule has 1 aromatic carbocycles. The molecule has 1 unspecified atom stereocenters. The second kappa shape index (κ2) is 6.87. The normalized spacial score (nSPS) is 20.0. The van der Waals surface area contributed by atoms with Gasteiger partial charge in [0.15, 0.2) is 0 Å². The number of rotatable bonds is 4. The van der Waals surface area contributed by atoms with Gasteiger partial charge < -0.3 is 9.84 Å². The number of carboxylic acid groups (broad SMARTS) is 1. The van der Waals surface area contributed by atoms with E-state index in [2.05, 4.69) is 20.7 Å². The van der Waals surface area contributed by atoms with E-state index in [1.165, 1.54) is 12.1 Å². The fraction of sp³-hybridized carbons (Fsp3) is 0.462. The highest BCUT2D eigenvalue weighted by Crippen LogP contribution is 2.21. The molecule has 0 bridgehead atoms. The highest BCUT2D eigenvalue weighted by atomic mass is 79.9. The van der Waals surface area contributed by atoms with Crippen LogP contribution in [0, 0.1) is 0 Å². The molecule has 0 spiro atoms. The van der Waals surface area contributed by atoms with Gasteiger partial charge in [-0.05, 0) is 37.5 Å². The van der Waals surface area contributed by atoms with Crippen LogP contribution in [-0.4, -0.2) is 38.7 Å². The molecule has 0 amide bonds. The maximum Gasteiger partial charge on any atom is 0.335 e. The van der Waals surface area contributed by atoms with Crippen molar-refractivity contribution in [2.24, 2.45) is 0 Å². The highest BCUT2D eigenvalue weighted by molar-refractivity contribution is 9.10.